The molecule has 22 heavy (non-hydrogen) atoms. The summed E-state index contributed by atoms with van der Waals surface area (Å²) in [5.41, 5.74) is 4.68. The zero-order valence-electron chi connectivity index (χ0n) is 11.4. The Morgan fingerprint density at radius 2 is 1.82 bits per heavy atom. The third-order valence-corrected chi connectivity index (χ3v) is 4.92. The van der Waals surface area contributed by atoms with Gasteiger partial charge in [0.2, 0.25) is 0 Å². The molecule has 114 valence electrons. The first kappa shape index (κ1) is 17.2. The minimum atomic E-state index is -0.301. The molecule has 0 saturated carbocycles. The van der Waals surface area contributed by atoms with Crippen molar-refractivity contribution in [3.8, 4) is 5.75 Å². The minimum absolute atomic E-state index is 0.0644. The van der Waals surface area contributed by atoms with Crippen molar-refractivity contribution in [1.82, 2.24) is 5.43 Å². The van der Waals surface area contributed by atoms with Crippen molar-refractivity contribution >= 4 is 59.9 Å². The molecule has 0 saturated heterocycles. The van der Waals surface area contributed by atoms with Crippen LogP contribution in [0.25, 0.3) is 0 Å². The van der Waals surface area contributed by atoms with E-state index >= 15 is 0 Å². The monoisotopic (exact) mass is 488 g/mol. The molecule has 0 spiro atoms. The topological polar surface area (TPSA) is 61.7 Å². The van der Waals surface area contributed by atoms with E-state index in [2.05, 4.69) is 58.3 Å². The number of phenols is 1. The number of amides is 1. The number of phenolic OH excluding ortho intramolecular Hbond substituents is 1. The lowest BCUT2D eigenvalue weighted by Gasteiger charge is -2.06. The first-order chi connectivity index (χ1) is 10.4. The zero-order chi connectivity index (χ0) is 16.3. The van der Waals surface area contributed by atoms with Crippen LogP contribution in [0.1, 0.15) is 21.5 Å². The maximum Gasteiger partial charge on any atom is 0.271 e. The van der Waals surface area contributed by atoms with E-state index in [4.69, 9.17) is 0 Å². The van der Waals surface area contributed by atoms with Crippen molar-refractivity contribution in [2.24, 2.45) is 5.10 Å². The largest absolute Gasteiger partial charge is 0.506 e. The molecule has 0 radical (unpaired) electrons. The second-order valence-corrected chi connectivity index (χ2v) is 6.98. The number of aromatic hydroxyl groups is 1. The number of carbonyl (C=O) groups is 1. The van der Waals surface area contributed by atoms with Gasteiger partial charge in [0.15, 0.2) is 0 Å². The molecule has 2 aromatic carbocycles. The van der Waals surface area contributed by atoms with Crippen molar-refractivity contribution < 1.29 is 9.90 Å². The van der Waals surface area contributed by atoms with Gasteiger partial charge in [-0.25, -0.2) is 5.43 Å². The number of carbonyl (C=O) groups excluding carboxylic acids is 1. The molecule has 1 amide bonds. The minimum Gasteiger partial charge on any atom is -0.506 e. The number of rotatable bonds is 3. The number of nitrogens with zero attached hydrogens (tertiary/aromatic N) is 1. The maximum absolute atomic E-state index is 11.9. The molecule has 0 atom stereocenters. The van der Waals surface area contributed by atoms with Gasteiger partial charge in [-0.2, -0.15) is 5.10 Å². The van der Waals surface area contributed by atoms with E-state index in [9.17, 15) is 9.90 Å². The fraction of sp³-hybridized carbons (Fsp3) is 0.0667. The summed E-state index contributed by atoms with van der Waals surface area (Å²) in [5.74, 6) is -0.237. The van der Waals surface area contributed by atoms with Gasteiger partial charge in [-0.15, -0.1) is 0 Å². The second kappa shape index (κ2) is 7.39. The molecule has 0 aliphatic heterocycles. The summed E-state index contributed by atoms with van der Waals surface area (Å²) in [7, 11) is 0. The highest BCUT2D eigenvalue weighted by Crippen LogP contribution is 2.38. The standard InChI is InChI=1S/C15H11Br3N2O2/c1-8-2-4-9(5-3-8)15(22)20-19-7-10-11(16)6-12(17)14(21)13(10)18/h2-7,21H,1H3,(H,20,22). The highest BCUT2D eigenvalue weighted by molar-refractivity contribution is 9.11. The van der Waals surface area contributed by atoms with Crippen LogP contribution < -0.4 is 5.43 Å². The number of hydrogen-bond acceptors (Lipinski definition) is 3. The van der Waals surface area contributed by atoms with Gasteiger partial charge in [0.25, 0.3) is 5.91 Å². The molecule has 0 aliphatic rings. The number of aryl methyl sites for hydroxylation is 1. The van der Waals surface area contributed by atoms with E-state index in [0.29, 0.717) is 20.1 Å². The molecule has 0 unspecified atom stereocenters. The molecule has 2 aromatic rings. The molecule has 2 N–H and O–H groups in total. The van der Waals surface area contributed by atoms with Crippen LogP contribution in [0.15, 0.2) is 48.9 Å². The third-order valence-electron chi connectivity index (χ3n) is 2.85. The van der Waals surface area contributed by atoms with Gasteiger partial charge in [-0.3, -0.25) is 4.79 Å². The smallest absolute Gasteiger partial charge is 0.271 e. The molecule has 2 rings (SSSR count). The van der Waals surface area contributed by atoms with E-state index in [1.807, 2.05) is 19.1 Å². The van der Waals surface area contributed by atoms with Crippen LogP contribution in [-0.2, 0) is 0 Å². The second-order valence-electron chi connectivity index (χ2n) is 4.48. The summed E-state index contributed by atoms with van der Waals surface area (Å²) in [6, 6.07) is 8.88. The zero-order valence-corrected chi connectivity index (χ0v) is 16.2. The van der Waals surface area contributed by atoms with Crippen molar-refractivity contribution in [2.45, 2.75) is 6.92 Å². The van der Waals surface area contributed by atoms with Gasteiger partial charge < -0.3 is 5.11 Å². The highest BCUT2D eigenvalue weighted by atomic mass is 79.9. The summed E-state index contributed by atoms with van der Waals surface area (Å²) in [4.78, 5) is 11.9. The van der Waals surface area contributed by atoms with Gasteiger partial charge in [-0.1, -0.05) is 33.6 Å². The van der Waals surface area contributed by atoms with Crippen molar-refractivity contribution in [3.63, 3.8) is 0 Å². The molecule has 7 heteroatoms. The van der Waals surface area contributed by atoms with E-state index in [-0.39, 0.29) is 11.7 Å². The molecule has 0 aromatic heterocycles. The van der Waals surface area contributed by atoms with Crippen LogP contribution in [0.3, 0.4) is 0 Å². The summed E-state index contributed by atoms with van der Waals surface area (Å²) in [5, 5.41) is 13.8. The quantitative estimate of drug-likeness (QED) is 0.481. The van der Waals surface area contributed by atoms with Gasteiger partial charge in [0, 0.05) is 15.6 Å². The van der Waals surface area contributed by atoms with Crippen LogP contribution in [0, 0.1) is 6.92 Å². The number of hydrogen-bond donors (Lipinski definition) is 2. The fourth-order valence-corrected chi connectivity index (χ4v) is 3.96. The van der Waals surface area contributed by atoms with E-state index < -0.39 is 0 Å². The van der Waals surface area contributed by atoms with E-state index in [1.165, 1.54) is 6.21 Å². The first-order valence-electron chi connectivity index (χ1n) is 6.16. The van der Waals surface area contributed by atoms with Gasteiger partial charge >= 0.3 is 0 Å². The number of halogens is 3. The summed E-state index contributed by atoms with van der Waals surface area (Å²) in [6.07, 6.45) is 1.45. The van der Waals surface area contributed by atoms with Crippen LogP contribution in [0.5, 0.6) is 5.75 Å². The first-order valence-corrected chi connectivity index (χ1v) is 8.54. The Morgan fingerprint density at radius 1 is 1.18 bits per heavy atom. The third kappa shape index (κ3) is 3.97. The molecule has 0 aliphatic carbocycles. The van der Waals surface area contributed by atoms with Crippen molar-refractivity contribution in [2.75, 3.05) is 0 Å². The Hall–Kier alpha value is -1.18. The summed E-state index contributed by atoms with van der Waals surface area (Å²) in [6.45, 7) is 1.95. The Bertz CT molecular complexity index is 743. The predicted molar refractivity (Wildman–Crippen MR) is 97.4 cm³/mol. The van der Waals surface area contributed by atoms with Crippen molar-refractivity contribution in [1.29, 1.82) is 0 Å². The van der Waals surface area contributed by atoms with Crippen LogP contribution in [0.2, 0.25) is 0 Å². The number of benzene rings is 2. The van der Waals surface area contributed by atoms with Crippen LogP contribution in [-0.4, -0.2) is 17.2 Å². The lowest BCUT2D eigenvalue weighted by Crippen LogP contribution is -2.17. The molecule has 4 nitrogen and oxygen atoms in total. The Morgan fingerprint density at radius 3 is 2.45 bits per heavy atom. The SMILES string of the molecule is Cc1ccc(C(=O)NN=Cc2c(Br)cc(Br)c(O)c2Br)cc1. The number of nitrogens with one attached hydrogen (secondary N) is 1. The van der Waals surface area contributed by atoms with Crippen LogP contribution >= 0.6 is 47.8 Å². The van der Waals surface area contributed by atoms with Gasteiger partial charge in [0.05, 0.1) is 15.2 Å². The average Bonchev–Trinajstić information content (AvgIpc) is 2.49. The van der Waals surface area contributed by atoms with Crippen LogP contribution in [0.4, 0.5) is 0 Å². The fourth-order valence-electron chi connectivity index (χ4n) is 1.64. The Labute approximate surface area is 153 Å². The van der Waals surface area contributed by atoms with E-state index in [1.54, 1.807) is 18.2 Å². The van der Waals surface area contributed by atoms with Crippen molar-refractivity contribution in [3.05, 3.63) is 60.4 Å². The van der Waals surface area contributed by atoms with Gasteiger partial charge in [-0.05, 0) is 57.0 Å². The molecule has 0 heterocycles. The van der Waals surface area contributed by atoms with Gasteiger partial charge in [0.1, 0.15) is 5.75 Å². The molecule has 0 fully saturated rings. The van der Waals surface area contributed by atoms with E-state index in [0.717, 1.165) is 10.0 Å². The molecule has 0 bridgehead atoms. The Balaban J connectivity index is 2.15. The highest BCUT2D eigenvalue weighted by Gasteiger charge is 2.12. The normalized spacial score (nSPS) is 10.9. The number of hydrazone groups is 1. The molecular weight excluding hydrogens is 480 g/mol. The lowest BCUT2D eigenvalue weighted by molar-refractivity contribution is 0.0955. The predicted octanol–water partition coefficient (Wildman–Crippen LogP) is 4.75. The lowest BCUT2D eigenvalue weighted by atomic mass is 10.1. The molecular formula is C15H11Br3N2O2. The average molecular weight is 491 g/mol. The maximum atomic E-state index is 11.9. The Kier molecular flexibility index (Phi) is 5.77. The summed E-state index contributed by atoms with van der Waals surface area (Å²) >= 11 is 9.90. The summed E-state index contributed by atoms with van der Waals surface area (Å²) < 4.78 is 1.74.